The number of anilines is 1. The molecule has 9 heteroatoms. The summed E-state index contributed by atoms with van der Waals surface area (Å²) in [7, 11) is 0. The fourth-order valence-electron chi connectivity index (χ4n) is 3.00. The fourth-order valence-corrected chi connectivity index (χ4v) is 5.23. The van der Waals surface area contributed by atoms with Crippen molar-refractivity contribution in [2.75, 3.05) is 11.1 Å². The molecule has 3 rings (SSSR count). The van der Waals surface area contributed by atoms with Crippen molar-refractivity contribution in [3.05, 3.63) is 22.4 Å². The number of nitrogens with zero attached hydrogens (tertiary/aromatic N) is 3. The van der Waals surface area contributed by atoms with E-state index in [0.717, 1.165) is 12.8 Å². The van der Waals surface area contributed by atoms with Gasteiger partial charge in [0, 0.05) is 12.1 Å². The molecule has 2 atom stereocenters. The standard InChI is InChI=1S/C16H20N4O2S3/c1-10-5-3-6-11(2)20(10)13(21)9-24-16-19-18-15(25-16)17-14(22)12-7-4-8-23-12/h4,7-8,10-11H,3,5-6,9H2,1-2H3,(H,17,18,22)/t10-,11-/m1/s1. The number of nitrogens with one attached hydrogen (secondary N) is 1. The molecule has 1 fully saturated rings. The number of thiophene rings is 1. The molecule has 6 nitrogen and oxygen atoms in total. The number of likely N-dealkylation sites (tertiary alicyclic amines) is 1. The predicted molar refractivity (Wildman–Crippen MR) is 103 cm³/mol. The summed E-state index contributed by atoms with van der Waals surface area (Å²) in [4.78, 5) is 27.2. The molecule has 0 radical (unpaired) electrons. The van der Waals surface area contributed by atoms with Crippen molar-refractivity contribution in [2.24, 2.45) is 0 Å². The lowest BCUT2D eigenvalue weighted by molar-refractivity contribution is -0.134. The van der Waals surface area contributed by atoms with Crippen LogP contribution < -0.4 is 5.32 Å². The summed E-state index contributed by atoms with van der Waals surface area (Å²) in [5.41, 5.74) is 0. The van der Waals surface area contributed by atoms with E-state index in [1.807, 2.05) is 16.3 Å². The Morgan fingerprint density at radius 1 is 1.32 bits per heavy atom. The Labute approximate surface area is 159 Å². The lowest BCUT2D eigenvalue weighted by Gasteiger charge is -2.39. The number of thioether (sulfide) groups is 1. The highest BCUT2D eigenvalue weighted by Crippen LogP contribution is 2.28. The van der Waals surface area contributed by atoms with Gasteiger partial charge in [0.25, 0.3) is 5.91 Å². The minimum absolute atomic E-state index is 0.143. The van der Waals surface area contributed by atoms with Crippen LogP contribution in [0.25, 0.3) is 0 Å². The normalized spacial score (nSPS) is 20.5. The third-order valence-corrected chi connectivity index (χ3v) is 7.00. The Kier molecular flexibility index (Phi) is 6.08. The van der Waals surface area contributed by atoms with Gasteiger partial charge in [0.2, 0.25) is 11.0 Å². The van der Waals surface area contributed by atoms with Crippen LogP contribution >= 0.6 is 34.4 Å². The molecule has 0 bridgehead atoms. The first-order valence-electron chi connectivity index (χ1n) is 8.17. The van der Waals surface area contributed by atoms with Gasteiger partial charge in [-0.15, -0.1) is 21.5 Å². The van der Waals surface area contributed by atoms with Gasteiger partial charge >= 0.3 is 0 Å². The van der Waals surface area contributed by atoms with E-state index >= 15 is 0 Å². The third kappa shape index (κ3) is 4.59. The van der Waals surface area contributed by atoms with Crippen LogP contribution in [0.2, 0.25) is 0 Å². The van der Waals surface area contributed by atoms with Crippen molar-refractivity contribution in [1.29, 1.82) is 0 Å². The van der Waals surface area contributed by atoms with Gasteiger partial charge in [0.05, 0.1) is 10.6 Å². The molecule has 2 amide bonds. The molecule has 0 aliphatic carbocycles. The number of carbonyl (C=O) groups is 2. The summed E-state index contributed by atoms with van der Waals surface area (Å²) < 4.78 is 0.687. The summed E-state index contributed by atoms with van der Waals surface area (Å²) >= 11 is 4.04. The van der Waals surface area contributed by atoms with Crippen LogP contribution in [0.3, 0.4) is 0 Å². The molecule has 1 N–H and O–H groups in total. The lowest BCUT2D eigenvalue weighted by atomic mass is 9.98. The second kappa shape index (κ2) is 8.29. The Balaban J connectivity index is 1.53. The minimum Gasteiger partial charge on any atom is -0.337 e. The van der Waals surface area contributed by atoms with Crippen LogP contribution in [0.5, 0.6) is 0 Å². The van der Waals surface area contributed by atoms with Crippen LogP contribution in [0.1, 0.15) is 42.8 Å². The number of aromatic nitrogens is 2. The van der Waals surface area contributed by atoms with Gasteiger partial charge in [-0.1, -0.05) is 29.2 Å². The number of piperidine rings is 1. The van der Waals surface area contributed by atoms with Gasteiger partial charge in [-0.2, -0.15) is 0 Å². The molecule has 0 unspecified atom stereocenters. The Bertz CT molecular complexity index is 722. The van der Waals surface area contributed by atoms with Gasteiger partial charge in [0.1, 0.15) is 0 Å². The van der Waals surface area contributed by atoms with E-state index in [9.17, 15) is 9.59 Å². The average Bonchev–Trinajstić information content (AvgIpc) is 3.24. The first-order chi connectivity index (χ1) is 12.0. The fraction of sp³-hybridized carbons (Fsp3) is 0.500. The Morgan fingerprint density at radius 2 is 2.08 bits per heavy atom. The summed E-state index contributed by atoms with van der Waals surface area (Å²) in [6.07, 6.45) is 3.32. The lowest BCUT2D eigenvalue weighted by Crippen LogP contribution is -2.48. The molecule has 3 heterocycles. The monoisotopic (exact) mass is 396 g/mol. The second-order valence-electron chi connectivity index (χ2n) is 6.02. The van der Waals surface area contributed by atoms with Crippen molar-refractivity contribution in [3.63, 3.8) is 0 Å². The van der Waals surface area contributed by atoms with Crippen molar-refractivity contribution in [3.8, 4) is 0 Å². The number of amides is 2. The number of hydrogen-bond donors (Lipinski definition) is 1. The van der Waals surface area contributed by atoms with Crippen molar-refractivity contribution < 1.29 is 9.59 Å². The number of rotatable bonds is 5. The van der Waals surface area contributed by atoms with E-state index in [1.54, 1.807) is 6.07 Å². The van der Waals surface area contributed by atoms with Gasteiger partial charge in [-0.25, -0.2) is 0 Å². The first kappa shape index (κ1) is 18.3. The third-order valence-electron chi connectivity index (χ3n) is 4.17. The molecule has 134 valence electrons. The molecule has 0 aromatic carbocycles. The maximum atomic E-state index is 12.5. The van der Waals surface area contributed by atoms with Crippen LogP contribution in [0.4, 0.5) is 5.13 Å². The average molecular weight is 397 g/mol. The zero-order chi connectivity index (χ0) is 17.8. The van der Waals surface area contributed by atoms with E-state index in [2.05, 4.69) is 29.4 Å². The quantitative estimate of drug-likeness (QED) is 0.616. The van der Waals surface area contributed by atoms with Gasteiger partial charge in [-0.3, -0.25) is 14.9 Å². The molecule has 25 heavy (non-hydrogen) atoms. The SMILES string of the molecule is C[C@@H]1CCC[C@@H](C)N1C(=O)CSc1nnc(NC(=O)c2cccs2)s1. The second-order valence-corrected chi connectivity index (χ2v) is 9.17. The molecule has 0 spiro atoms. The largest absolute Gasteiger partial charge is 0.337 e. The summed E-state index contributed by atoms with van der Waals surface area (Å²) in [5.74, 6) is 0.307. The van der Waals surface area contributed by atoms with Crippen LogP contribution in [-0.2, 0) is 4.79 Å². The zero-order valence-electron chi connectivity index (χ0n) is 14.1. The van der Waals surface area contributed by atoms with E-state index in [4.69, 9.17) is 0 Å². The van der Waals surface area contributed by atoms with E-state index in [-0.39, 0.29) is 11.8 Å². The topological polar surface area (TPSA) is 75.2 Å². The van der Waals surface area contributed by atoms with E-state index in [0.29, 0.717) is 32.2 Å². The van der Waals surface area contributed by atoms with Crippen molar-refractivity contribution >= 4 is 51.4 Å². The zero-order valence-corrected chi connectivity index (χ0v) is 16.5. The van der Waals surface area contributed by atoms with Crippen molar-refractivity contribution in [2.45, 2.75) is 49.5 Å². The van der Waals surface area contributed by atoms with Gasteiger partial charge < -0.3 is 4.90 Å². The van der Waals surface area contributed by atoms with E-state index in [1.165, 1.54) is 40.9 Å². The molecule has 1 saturated heterocycles. The maximum Gasteiger partial charge on any atom is 0.267 e. The maximum absolute atomic E-state index is 12.5. The van der Waals surface area contributed by atoms with Crippen LogP contribution in [0.15, 0.2) is 21.9 Å². The van der Waals surface area contributed by atoms with E-state index < -0.39 is 0 Å². The summed E-state index contributed by atoms with van der Waals surface area (Å²) in [5, 5.41) is 13.1. The van der Waals surface area contributed by atoms with Crippen LogP contribution in [-0.4, -0.2) is 44.7 Å². The minimum atomic E-state index is -0.185. The highest BCUT2D eigenvalue weighted by Gasteiger charge is 2.28. The number of carbonyl (C=O) groups excluding carboxylic acids is 2. The molecule has 1 aliphatic heterocycles. The van der Waals surface area contributed by atoms with Crippen LogP contribution in [0, 0.1) is 0 Å². The Morgan fingerprint density at radius 3 is 2.76 bits per heavy atom. The number of hydrogen-bond acceptors (Lipinski definition) is 7. The molecule has 0 saturated carbocycles. The summed E-state index contributed by atoms with van der Waals surface area (Å²) in [6.45, 7) is 4.22. The molecule has 2 aromatic rings. The highest BCUT2D eigenvalue weighted by atomic mass is 32.2. The summed E-state index contributed by atoms with van der Waals surface area (Å²) in [6, 6.07) is 4.18. The smallest absolute Gasteiger partial charge is 0.267 e. The van der Waals surface area contributed by atoms with Crippen molar-refractivity contribution in [1.82, 2.24) is 15.1 Å². The predicted octanol–water partition coefficient (Wildman–Crippen LogP) is 3.73. The molecule has 2 aromatic heterocycles. The molecular weight excluding hydrogens is 376 g/mol. The van der Waals surface area contributed by atoms with Gasteiger partial charge in [0.15, 0.2) is 4.34 Å². The first-order valence-corrected chi connectivity index (χ1v) is 10.8. The van der Waals surface area contributed by atoms with Gasteiger partial charge in [-0.05, 0) is 44.6 Å². The Hall–Kier alpha value is -1.45. The molecule has 1 aliphatic rings. The molecular formula is C16H20N4O2S3. The highest BCUT2D eigenvalue weighted by molar-refractivity contribution is 8.01.